The Labute approximate surface area is 152 Å². The summed E-state index contributed by atoms with van der Waals surface area (Å²) in [4.78, 5) is 30.6. The molecule has 1 aromatic heterocycles. The number of nitrogens with zero attached hydrogens (tertiary/aromatic N) is 2. The van der Waals surface area contributed by atoms with Gasteiger partial charge in [-0.05, 0) is 39.2 Å². The van der Waals surface area contributed by atoms with Crippen molar-refractivity contribution in [2.75, 3.05) is 19.6 Å². The van der Waals surface area contributed by atoms with Gasteiger partial charge in [-0.15, -0.1) is 11.3 Å². The standard InChI is InChI=1S/C18H27N3O3S/c1-12-16(18(23)24)25-15(20-12)8-9-19-17(22)13-5-4-10-21(11-13)14-6-2-3-7-14/h13-14H,2-11H2,1H3,(H,19,22)(H,23,24)/t13-/m1/s1. The number of thiazole rings is 1. The Hall–Kier alpha value is -1.47. The van der Waals surface area contributed by atoms with E-state index in [0.717, 1.165) is 30.9 Å². The van der Waals surface area contributed by atoms with Crippen molar-refractivity contribution in [2.45, 2.75) is 57.9 Å². The van der Waals surface area contributed by atoms with Crippen molar-refractivity contribution >= 4 is 23.2 Å². The number of carboxylic acids is 1. The molecule has 1 saturated carbocycles. The van der Waals surface area contributed by atoms with Gasteiger partial charge in [0.2, 0.25) is 5.91 Å². The van der Waals surface area contributed by atoms with Gasteiger partial charge in [-0.2, -0.15) is 0 Å². The Morgan fingerprint density at radius 2 is 2.04 bits per heavy atom. The maximum atomic E-state index is 12.5. The van der Waals surface area contributed by atoms with E-state index in [1.54, 1.807) is 6.92 Å². The van der Waals surface area contributed by atoms with E-state index in [-0.39, 0.29) is 11.8 Å². The lowest BCUT2D eigenvalue weighted by Gasteiger charge is -2.36. The highest BCUT2D eigenvalue weighted by molar-refractivity contribution is 7.13. The largest absolute Gasteiger partial charge is 0.477 e. The van der Waals surface area contributed by atoms with Crippen LogP contribution in [-0.4, -0.2) is 52.5 Å². The summed E-state index contributed by atoms with van der Waals surface area (Å²) in [5.41, 5.74) is 0.554. The maximum absolute atomic E-state index is 12.5. The zero-order valence-corrected chi connectivity index (χ0v) is 15.6. The van der Waals surface area contributed by atoms with E-state index in [4.69, 9.17) is 5.11 Å². The molecule has 2 fully saturated rings. The minimum atomic E-state index is -0.931. The van der Waals surface area contributed by atoms with Crippen LogP contribution in [0.4, 0.5) is 0 Å². The molecule has 2 heterocycles. The van der Waals surface area contributed by atoms with Crippen molar-refractivity contribution in [1.82, 2.24) is 15.2 Å². The van der Waals surface area contributed by atoms with Gasteiger partial charge in [-0.1, -0.05) is 12.8 Å². The molecule has 2 aliphatic rings. The van der Waals surface area contributed by atoms with Crippen LogP contribution >= 0.6 is 11.3 Å². The molecule has 2 N–H and O–H groups in total. The fourth-order valence-electron chi connectivity index (χ4n) is 4.02. The average molecular weight is 365 g/mol. The number of nitrogens with one attached hydrogen (secondary N) is 1. The summed E-state index contributed by atoms with van der Waals surface area (Å²) in [7, 11) is 0. The number of aromatic nitrogens is 1. The third kappa shape index (κ3) is 4.58. The van der Waals surface area contributed by atoms with Gasteiger partial charge in [0, 0.05) is 25.6 Å². The van der Waals surface area contributed by atoms with Gasteiger partial charge in [0.1, 0.15) is 4.88 Å². The lowest BCUT2D eigenvalue weighted by molar-refractivity contribution is -0.127. The third-order valence-electron chi connectivity index (χ3n) is 5.34. The van der Waals surface area contributed by atoms with Gasteiger partial charge in [0.25, 0.3) is 0 Å². The van der Waals surface area contributed by atoms with Gasteiger partial charge < -0.3 is 10.4 Å². The van der Waals surface area contributed by atoms with Crippen LogP contribution in [0, 0.1) is 12.8 Å². The molecule has 0 unspecified atom stereocenters. The normalized spacial score (nSPS) is 22.2. The summed E-state index contributed by atoms with van der Waals surface area (Å²) in [5, 5.41) is 12.9. The first-order valence-electron chi connectivity index (χ1n) is 9.26. The van der Waals surface area contributed by atoms with E-state index in [9.17, 15) is 9.59 Å². The number of aryl methyl sites for hydroxylation is 1. The number of hydrogen-bond donors (Lipinski definition) is 2. The molecule has 7 heteroatoms. The first kappa shape index (κ1) is 18.3. The molecule has 1 aliphatic heterocycles. The van der Waals surface area contributed by atoms with Gasteiger partial charge in [0.15, 0.2) is 0 Å². The van der Waals surface area contributed by atoms with Crippen LogP contribution in [0.5, 0.6) is 0 Å². The minimum Gasteiger partial charge on any atom is -0.477 e. The number of piperidine rings is 1. The molecular weight excluding hydrogens is 338 g/mol. The monoisotopic (exact) mass is 365 g/mol. The van der Waals surface area contributed by atoms with Crippen LogP contribution in [0.3, 0.4) is 0 Å². The Morgan fingerprint density at radius 1 is 1.28 bits per heavy atom. The second-order valence-corrected chi connectivity index (χ2v) is 8.22. The number of amides is 1. The SMILES string of the molecule is Cc1nc(CCNC(=O)[C@@H]2CCCN(C3CCCC3)C2)sc1C(=O)O. The number of carbonyl (C=O) groups excluding carboxylic acids is 1. The van der Waals surface area contributed by atoms with Gasteiger partial charge in [-0.3, -0.25) is 9.69 Å². The minimum absolute atomic E-state index is 0.0851. The Bertz CT molecular complexity index is 625. The predicted octanol–water partition coefficient (Wildman–Crippen LogP) is 2.46. The molecule has 0 bridgehead atoms. The summed E-state index contributed by atoms with van der Waals surface area (Å²) in [6, 6.07) is 0.684. The Balaban J connectivity index is 1.45. The van der Waals surface area contributed by atoms with Crippen LogP contribution in [0.2, 0.25) is 0 Å². The first-order valence-corrected chi connectivity index (χ1v) is 10.1. The Morgan fingerprint density at radius 3 is 2.72 bits per heavy atom. The molecule has 6 nitrogen and oxygen atoms in total. The molecule has 25 heavy (non-hydrogen) atoms. The van der Waals surface area contributed by atoms with Crippen LogP contribution in [0.15, 0.2) is 0 Å². The highest BCUT2D eigenvalue weighted by Crippen LogP contribution is 2.28. The molecule has 1 atom stereocenters. The smallest absolute Gasteiger partial charge is 0.347 e. The highest BCUT2D eigenvalue weighted by atomic mass is 32.1. The second kappa shape index (κ2) is 8.27. The van der Waals surface area contributed by atoms with Gasteiger partial charge in [0.05, 0.1) is 16.6 Å². The highest BCUT2D eigenvalue weighted by Gasteiger charge is 2.30. The maximum Gasteiger partial charge on any atom is 0.347 e. The fraction of sp³-hybridized carbons (Fsp3) is 0.722. The summed E-state index contributed by atoms with van der Waals surface area (Å²) in [6.07, 6.45) is 7.86. The third-order valence-corrected chi connectivity index (χ3v) is 6.54. The van der Waals surface area contributed by atoms with Crippen LogP contribution in [-0.2, 0) is 11.2 Å². The molecule has 1 aliphatic carbocycles. The number of carbonyl (C=O) groups is 2. The van der Waals surface area contributed by atoms with Crippen LogP contribution in [0.25, 0.3) is 0 Å². The summed E-state index contributed by atoms with van der Waals surface area (Å²) in [6.45, 7) is 4.24. The molecule has 1 saturated heterocycles. The lowest BCUT2D eigenvalue weighted by Crippen LogP contribution is -2.46. The van der Waals surface area contributed by atoms with E-state index >= 15 is 0 Å². The summed E-state index contributed by atoms with van der Waals surface area (Å²) >= 11 is 1.20. The van der Waals surface area contributed by atoms with Gasteiger partial charge in [-0.25, -0.2) is 9.78 Å². The van der Waals surface area contributed by atoms with E-state index in [1.165, 1.54) is 37.0 Å². The molecule has 0 aromatic carbocycles. The summed E-state index contributed by atoms with van der Waals surface area (Å²) in [5.74, 6) is -0.712. The van der Waals surface area contributed by atoms with E-state index in [1.807, 2.05) is 0 Å². The number of hydrogen-bond acceptors (Lipinski definition) is 5. The predicted molar refractivity (Wildman–Crippen MR) is 97.1 cm³/mol. The van der Waals surface area contributed by atoms with Crippen LogP contribution < -0.4 is 5.32 Å². The van der Waals surface area contributed by atoms with Crippen molar-refractivity contribution in [1.29, 1.82) is 0 Å². The number of likely N-dealkylation sites (tertiary alicyclic amines) is 1. The number of aromatic carboxylic acids is 1. The number of carboxylic acid groups (broad SMARTS) is 1. The van der Waals surface area contributed by atoms with Crippen molar-refractivity contribution in [3.63, 3.8) is 0 Å². The lowest BCUT2D eigenvalue weighted by atomic mass is 9.95. The van der Waals surface area contributed by atoms with Crippen molar-refractivity contribution in [3.8, 4) is 0 Å². The van der Waals surface area contributed by atoms with Crippen molar-refractivity contribution < 1.29 is 14.7 Å². The molecule has 3 rings (SSSR count). The van der Waals surface area contributed by atoms with Crippen molar-refractivity contribution in [2.24, 2.45) is 5.92 Å². The zero-order valence-electron chi connectivity index (χ0n) is 14.8. The van der Waals surface area contributed by atoms with E-state index < -0.39 is 5.97 Å². The zero-order chi connectivity index (χ0) is 17.8. The second-order valence-electron chi connectivity index (χ2n) is 7.14. The molecule has 138 valence electrons. The van der Waals surface area contributed by atoms with E-state index in [0.29, 0.717) is 29.6 Å². The number of rotatable bonds is 6. The fourth-order valence-corrected chi connectivity index (χ4v) is 4.92. The molecule has 0 spiro atoms. The Kier molecular flexibility index (Phi) is 6.06. The topological polar surface area (TPSA) is 82.5 Å². The van der Waals surface area contributed by atoms with E-state index in [2.05, 4.69) is 15.2 Å². The summed E-state index contributed by atoms with van der Waals surface area (Å²) < 4.78 is 0. The molecular formula is C18H27N3O3S. The van der Waals surface area contributed by atoms with Gasteiger partial charge >= 0.3 is 5.97 Å². The molecule has 1 amide bonds. The molecule has 1 aromatic rings. The van der Waals surface area contributed by atoms with Crippen molar-refractivity contribution in [3.05, 3.63) is 15.6 Å². The molecule has 0 radical (unpaired) electrons. The van der Waals surface area contributed by atoms with Crippen LogP contribution in [0.1, 0.15) is 58.9 Å². The average Bonchev–Trinajstić information content (AvgIpc) is 3.24. The quantitative estimate of drug-likeness (QED) is 0.809. The first-order chi connectivity index (χ1) is 12.0.